The van der Waals surface area contributed by atoms with Gasteiger partial charge in [-0.2, -0.15) is 13.2 Å². The number of aromatic carboxylic acids is 1. The monoisotopic (exact) mass is 335 g/mol. The zero-order chi connectivity index (χ0) is 16.5. The highest BCUT2D eigenvalue weighted by Gasteiger charge is 2.34. The maximum atomic E-state index is 12.6. The van der Waals surface area contributed by atoms with Crippen LogP contribution in [-0.4, -0.2) is 34.1 Å². The Morgan fingerprint density at radius 2 is 2.05 bits per heavy atom. The lowest BCUT2D eigenvalue weighted by atomic mass is 10.1. The number of hydrogen-bond acceptors (Lipinski definition) is 5. The fraction of sp³-hybridized carbons (Fsp3) is 0.250. The molecule has 1 heterocycles. The average Bonchev–Trinajstić information content (AvgIpc) is 2.84. The zero-order valence-electron chi connectivity index (χ0n) is 10.6. The van der Waals surface area contributed by atoms with Crippen LogP contribution in [0.4, 0.5) is 18.0 Å². The Morgan fingerprint density at radius 3 is 2.55 bits per heavy atom. The van der Waals surface area contributed by atoms with Gasteiger partial charge in [-0.15, -0.1) is 0 Å². The lowest BCUT2D eigenvalue weighted by Gasteiger charge is -2.13. The third kappa shape index (κ3) is 3.50. The van der Waals surface area contributed by atoms with Crippen LogP contribution in [0.3, 0.4) is 0 Å². The van der Waals surface area contributed by atoms with Crippen molar-refractivity contribution < 1.29 is 37.4 Å². The molecule has 1 unspecified atom stereocenters. The van der Waals surface area contributed by atoms with Crippen LogP contribution in [0.2, 0.25) is 0 Å². The second kappa shape index (κ2) is 5.87. The normalized spacial score (nSPS) is 18.0. The number of nitrogens with one attached hydrogen (secondary N) is 1. The minimum Gasteiger partial charge on any atom is -0.478 e. The molecule has 6 nitrogen and oxygen atoms in total. The summed E-state index contributed by atoms with van der Waals surface area (Å²) in [5.74, 6) is -3.24. The van der Waals surface area contributed by atoms with E-state index in [2.05, 4.69) is 5.32 Å². The van der Waals surface area contributed by atoms with Crippen LogP contribution in [0, 0.1) is 0 Å². The first-order chi connectivity index (χ1) is 10.2. The van der Waals surface area contributed by atoms with Crippen molar-refractivity contribution in [2.24, 2.45) is 0 Å². The Labute approximate surface area is 125 Å². The summed E-state index contributed by atoms with van der Waals surface area (Å²) in [5, 5.41) is 10.7. The molecule has 10 heteroatoms. The van der Waals surface area contributed by atoms with Crippen LogP contribution in [0.5, 0.6) is 5.75 Å². The summed E-state index contributed by atoms with van der Waals surface area (Å²) in [7, 11) is 0. The highest BCUT2D eigenvalue weighted by Crippen LogP contribution is 2.33. The van der Waals surface area contributed by atoms with Gasteiger partial charge >= 0.3 is 18.1 Å². The largest absolute Gasteiger partial charge is 0.478 e. The van der Waals surface area contributed by atoms with Crippen LogP contribution in [-0.2, 0) is 11.0 Å². The molecule has 0 bridgehead atoms. The van der Waals surface area contributed by atoms with Crippen molar-refractivity contribution in [1.29, 1.82) is 0 Å². The van der Waals surface area contributed by atoms with Crippen molar-refractivity contribution in [3.8, 4) is 5.75 Å². The van der Waals surface area contributed by atoms with Crippen LogP contribution >= 0.6 is 11.8 Å². The van der Waals surface area contributed by atoms with Gasteiger partial charge in [0.1, 0.15) is 17.4 Å². The maximum Gasteiger partial charge on any atom is 0.416 e. The van der Waals surface area contributed by atoms with E-state index in [1.165, 1.54) is 0 Å². The number of alkyl halides is 3. The van der Waals surface area contributed by atoms with E-state index in [9.17, 15) is 27.6 Å². The SMILES string of the molecule is O=C1NC(C(=O)Oc2cc(C(F)(F)F)ccc2C(=O)O)CS1. The molecule has 0 spiro atoms. The smallest absolute Gasteiger partial charge is 0.416 e. The van der Waals surface area contributed by atoms with Gasteiger partial charge in [0.15, 0.2) is 0 Å². The van der Waals surface area contributed by atoms with Gasteiger partial charge in [-0.3, -0.25) is 4.79 Å². The number of benzene rings is 1. The summed E-state index contributed by atoms with van der Waals surface area (Å²) in [6.45, 7) is 0. The Bertz CT molecular complexity index is 646. The van der Waals surface area contributed by atoms with E-state index in [1.807, 2.05) is 0 Å². The van der Waals surface area contributed by atoms with Crippen molar-refractivity contribution in [2.45, 2.75) is 12.2 Å². The second-order valence-corrected chi connectivity index (χ2v) is 5.22. The van der Waals surface area contributed by atoms with E-state index in [4.69, 9.17) is 9.84 Å². The first-order valence-electron chi connectivity index (χ1n) is 5.78. The van der Waals surface area contributed by atoms with Gasteiger partial charge in [0.05, 0.1) is 5.56 Å². The molecule has 1 atom stereocenters. The van der Waals surface area contributed by atoms with Gasteiger partial charge < -0.3 is 15.2 Å². The molecular formula is C12H8F3NO5S. The van der Waals surface area contributed by atoms with Gasteiger partial charge in [0.2, 0.25) is 0 Å². The topological polar surface area (TPSA) is 92.7 Å². The van der Waals surface area contributed by atoms with Crippen molar-refractivity contribution in [3.63, 3.8) is 0 Å². The summed E-state index contributed by atoms with van der Waals surface area (Å²) >= 11 is 0.815. The van der Waals surface area contributed by atoms with E-state index < -0.39 is 46.3 Å². The first-order valence-corrected chi connectivity index (χ1v) is 6.76. The zero-order valence-corrected chi connectivity index (χ0v) is 11.5. The number of carbonyl (C=O) groups excluding carboxylic acids is 2. The number of halogens is 3. The van der Waals surface area contributed by atoms with Gasteiger partial charge in [-0.1, -0.05) is 11.8 Å². The molecule has 1 aromatic carbocycles. The maximum absolute atomic E-state index is 12.6. The number of ether oxygens (including phenoxy) is 1. The molecule has 22 heavy (non-hydrogen) atoms. The fourth-order valence-electron chi connectivity index (χ4n) is 1.65. The predicted molar refractivity (Wildman–Crippen MR) is 68.8 cm³/mol. The average molecular weight is 335 g/mol. The number of rotatable bonds is 3. The molecule has 0 aromatic heterocycles. The fourth-order valence-corrected chi connectivity index (χ4v) is 2.41. The van der Waals surface area contributed by atoms with E-state index in [-0.39, 0.29) is 5.75 Å². The lowest BCUT2D eigenvalue weighted by Crippen LogP contribution is -2.37. The number of thioether (sulfide) groups is 1. The van der Waals surface area contributed by atoms with E-state index in [1.54, 1.807) is 0 Å². The second-order valence-electron chi connectivity index (χ2n) is 4.23. The van der Waals surface area contributed by atoms with Gasteiger partial charge in [-0.05, 0) is 18.2 Å². The van der Waals surface area contributed by atoms with Crippen molar-refractivity contribution in [2.75, 3.05) is 5.75 Å². The summed E-state index contributed by atoms with van der Waals surface area (Å²) in [4.78, 5) is 33.7. The molecule has 1 aliphatic heterocycles. The number of hydrogen-bond donors (Lipinski definition) is 2. The van der Waals surface area contributed by atoms with Crippen molar-refractivity contribution in [1.82, 2.24) is 5.32 Å². The number of carbonyl (C=O) groups is 3. The molecule has 2 rings (SSSR count). The molecule has 1 amide bonds. The van der Waals surface area contributed by atoms with E-state index in [0.717, 1.165) is 11.8 Å². The highest BCUT2D eigenvalue weighted by atomic mass is 32.2. The van der Waals surface area contributed by atoms with Gasteiger partial charge in [0, 0.05) is 5.75 Å². The Kier molecular flexibility index (Phi) is 4.31. The Balaban J connectivity index is 2.29. The molecule has 1 fully saturated rings. The molecule has 1 aliphatic rings. The summed E-state index contributed by atoms with van der Waals surface area (Å²) in [6.07, 6.45) is -4.71. The molecule has 1 saturated heterocycles. The third-order valence-electron chi connectivity index (χ3n) is 2.71. The predicted octanol–water partition coefficient (Wildman–Crippen LogP) is 2.13. The highest BCUT2D eigenvalue weighted by molar-refractivity contribution is 8.14. The Hall–Kier alpha value is -2.23. The number of carboxylic acid groups (broad SMARTS) is 1. The number of amides is 1. The number of esters is 1. The van der Waals surface area contributed by atoms with Crippen LogP contribution < -0.4 is 10.1 Å². The lowest BCUT2D eigenvalue weighted by molar-refractivity contribution is -0.139. The minimum absolute atomic E-state index is 0.0546. The van der Waals surface area contributed by atoms with E-state index in [0.29, 0.717) is 18.2 Å². The quantitative estimate of drug-likeness (QED) is 0.649. The van der Waals surface area contributed by atoms with Crippen molar-refractivity contribution >= 4 is 28.9 Å². The third-order valence-corrected chi connectivity index (χ3v) is 3.59. The van der Waals surface area contributed by atoms with Gasteiger partial charge in [0.25, 0.3) is 5.24 Å². The summed E-state index contributed by atoms with van der Waals surface area (Å²) in [6, 6.07) is 0.684. The Morgan fingerprint density at radius 1 is 1.36 bits per heavy atom. The molecular weight excluding hydrogens is 327 g/mol. The van der Waals surface area contributed by atoms with Crippen molar-refractivity contribution in [3.05, 3.63) is 29.3 Å². The van der Waals surface area contributed by atoms with Crippen LogP contribution in [0.25, 0.3) is 0 Å². The molecule has 1 aromatic rings. The molecule has 118 valence electrons. The molecule has 0 saturated carbocycles. The standard InChI is InChI=1S/C12H8F3NO5S/c13-12(14,15)5-1-2-6(9(17)18)8(3-5)21-10(19)7-4-22-11(20)16-7/h1-3,7H,4H2,(H,16,20)(H,17,18). The minimum atomic E-state index is -4.71. The summed E-state index contributed by atoms with van der Waals surface area (Å²) < 4.78 is 42.7. The van der Waals surface area contributed by atoms with E-state index >= 15 is 0 Å². The van der Waals surface area contributed by atoms with Crippen LogP contribution in [0.1, 0.15) is 15.9 Å². The molecule has 0 aliphatic carbocycles. The van der Waals surface area contributed by atoms with Crippen LogP contribution in [0.15, 0.2) is 18.2 Å². The molecule has 2 N–H and O–H groups in total. The number of carboxylic acids is 1. The molecule has 0 radical (unpaired) electrons. The van der Waals surface area contributed by atoms with Gasteiger partial charge in [-0.25, -0.2) is 9.59 Å². The summed E-state index contributed by atoms with van der Waals surface area (Å²) in [5.41, 5.74) is -1.73. The first kappa shape index (κ1) is 16.1.